The van der Waals surface area contributed by atoms with Gasteiger partial charge in [0.2, 0.25) is 5.88 Å². The van der Waals surface area contributed by atoms with Crippen LogP contribution in [-0.4, -0.2) is 41.8 Å². The minimum absolute atomic E-state index is 0.0171. The van der Waals surface area contributed by atoms with Crippen molar-refractivity contribution in [2.45, 2.75) is 63.8 Å². The molecular weight excluding hydrogens is 365 g/mol. The third kappa shape index (κ3) is 7.44. The number of hydrogen-bond acceptors (Lipinski definition) is 5. The number of alkyl halides is 3. The number of ether oxygens (including phenoxy) is 2. The summed E-state index contributed by atoms with van der Waals surface area (Å²) in [7, 11) is 0. The summed E-state index contributed by atoms with van der Waals surface area (Å²) in [5.74, 6) is -1.41. The summed E-state index contributed by atoms with van der Waals surface area (Å²) in [5, 5.41) is 2.90. The first-order valence-corrected chi connectivity index (χ1v) is 8.91. The molecule has 1 fully saturated rings. The van der Waals surface area contributed by atoms with E-state index in [0.29, 0.717) is 0 Å². The summed E-state index contributed by atoms with van der Waals surface area (Å²) >= 11 is 0. The Labute approximate surface area is 155 Å². The highest BCUT2D eigenvalue weighted by molar-refractivity contribution is 5.92. The smallest absolute Gasteiger partial charge is 0.422 e. The van der Waals surface area contributed by atoms with Crippen molar-refractivity contribution in [3.63, 3.8) is 0 Å². The Morgan fingerprint density at radius 1 is 1.22 bits per heavy atom. The highest BCUT2D eigenvalue weighted by Gasteiger charge is 2.28. The van der Waals surface area contributed by atoms with Crippen molar-refractivity contribution in [3.8, 4) is 5.88 Å². The molecule has 0 aliphatic heterocycles. The number of nitrogens with zero attached hydrogens (tertiary/aromatic N) is 1. The standard InChI is InChI=1S/C18H23F3N2O4/c1-12(16(24)23-14-6-4-2-3-5-7-14)27-17(25)13-8-9-15(22-10-13)26-11-18(19,20)21/h8-10,12,14H,2-7,11H2,1H3,(H,23,24). The minimum atomic E-state index is -4.47. The van der Waals surface area contributed by atoms with E-state index in [1.54, 1.807) is 0 Å². The second-order valence-electron chi connectivity index (χ2n) is 6.53. The Balaban J connectivity index is 1.83. The van der Waals surface area contributed by atoms with Crippen LogP contribution in [0.1, 0.15) is 55.8 Å². The van der Waals surface area contributed by atoms with E-state index in [4.69, 9.17) is 4.74 Å². The fourth-order valence-electron chi connectivity index (χ4n) is 2.77. The van der Waals surface area contributed by atoms with Crippen molar-refractivity contribution >= 4 is 11.9 Å². The highest BCUT2D eigenvalue weighted by Crippen LogP contribution is 2.18. The zero-order valence-electron chi connectivity index (χ0n) is 15.1. The number of rotatable bonds is 6. The average Bonchev–Trinajstić information content (AvgIpc) is 2.88. The number of esters is 1. The van der Waals surface area contributed by atoms with Crippen molar-refractivity contribution in [1.82, 2.24) is 10.3 Å². The number of halogens is 3. The van der Waals surface area contributed by atoms with Crippen molar-refractivity contribution in [3.05, 3.63) is 23.9 Å². The van der Waals surface area contributed by atoms with Crippen LogP contribution >= 0.6 is 0 Å². The SMILES string of the molecule is CC(OC(=O)c1ccc(OCC(F)(F)F)nc1)C(=O)NC1CCCCCC1. The van der Waals surface area contributed by atoms with Gasteiger partial charge in [0, 0.05) is 18.3 Å². The average molecular weight is 388 g/mol. The van der Waals surface area contributed by atoms with Gasteiger partial charge < -0.3 is 14.8 Å². The molecule has 9 heteroatoms. The predicted octanol–water partition coefficient (Wildman–Crippen LogP) is 3.41. The minimum Gasteiger partial charge on any atom is -0.468 e. The van der Waals surface area contributed by atoms with E-state index in [2.05, 4.69) is 15.0 Å². The molecule has 1 atom stereocenters. The fraction of sp³-hybridized carbons (Fsp3) is 0.611. The van der Waals surface area contributed by atoms with Crippen molar-refractivity contribution in [2.24, 2.45) is 0 Å². The number of aromatic nitrogens is 1. The van der Waals surface area contributed by atoms with Gasteiger partial charge >= 0.3 is 12.1 Å². The molecule has 1 N–H and O–H groups in total. The van der Waals surface area contributed by atoms with E-state index in [9.17, 15) is 22.8 Å². The monoisotopic (exact) mass is 388 g/mol. The molecule has 0 spiro atoms. The second kappa shape index (κ2) is 9.57. The Morgan fingerprint density at radius 3 is 2.44 bits per heavy atom. The lowest BCUT2D eigenvalue weighted by Gasteiger charge is -2.19. The van der Waals surface area contributed by atoms with Crippen LogP contribution in [0, 0.1) is 0 Å². The number of nitrogens with one attached hydrogen (secondary N) is 1. The molecule has 6 nitrogen and oxygen atoms in total. The lowest BCUT2D eigenvalue weighted by Crippen LogP contribution is -2.41. The van der Waals surface area contributed by atoms with Gasteiger partial charge in [0.25, 0.3) is 5.91 Å². The molecule has 2 rings (SSSR count). The Morgan fingerprint density at radius 2 is 1.89 bits per heavy atom. The van der Waals surface area contributed by atoms with Crippen LogP contribution in [0.3, 0.4) is 0 Å². The molecule has 1 aromatic heterocycles. The van der Waals surface area contributed by atoms with Gasteiger partial charge in [-0.25, -0.2) is 9.78 Å². The van der Waals surface area contributed by atoms with Crippen LogP contribution in [-0.2, 0) is 9.53 Å². The molecule has 1 heterocycles. The molecule has 1 aliphatic carbocycles. The largest absolute Gasteiger partial charge is 0.468 e. The summed E-state index contributed by atoms with van der Waals surface area (Å²) in [6.07, 6.45) is 1.86. The van der Waals surface area contributed by atoms with Crippen LogP contribution in [0.25, 0.3) is 0 Å². The first kappa shape index (κ1) is 21.0. The van der Waals surface area contributed by atoms with E-state index in [0.717, 1.165) is 50.8 Å². The number of pyridine rings is 1. The van der Waals surface area contributed by atoms with E-state index < -0.39 is 24.9 Å². The van der Waals surface area contributed by atoms with E-state index in [1.807, 2.05) is 0 Å². The Bertz CT molecular complexity index is 626. The molecule has 150 valence electrons. The van der Waals surface area contributed by atoms with Crippen molar-refractivity contribution < 1.29 is 32.2 Å². The molecule has 1 saturated carbocycles. The number of carbonyl (C=O) groups is 2. The molecular formula is C18H23F3N2O4. The first-order valence-electron chi connectivity index (χ1n) is 8.91. The summed E-state index contributed by atoms with van der Waals surface area (Å²) in [6, 6.07) is 2.46. The lowest BCUT2D eigenvalue weighted by atomic mass is 10.1. The molecule has 1 amide bonds. The van der Waals surface area contributed by atoms with Gasteiger partial charge in [-0.3, -0.25) is 4.79 Å². The molecule has 27 heavy (non-hydrogen) atoms. The maximum absolute atomic E-state index is 12.2. The topological polar surface area (TPSA) is 77.5 Å². The Kier molecular flexibility index (Phi) is 7.44. The third-order valence-corrected chi connectivity index (χ3v) is 4.21. The van der Waals surface area contributed by atoms with E-state index >= 15 is 0 Å². The summed E-state index contributed by atoms with van der Waals surface area (Å²) in [5.41, 5.74) is 0.0171. The number of amides is 1. The van der Waals surface area contributed by atoms with Gasteiger partial charge in [-0.05, 0) is 25.8 Å². The maximum Gasteiger partial charge on any atom is 0.422 e. The fourth-order valence-corrected chi connectivity index (χ4v) is 2.77. The van der Waals surface area contributed by atoms with Crippen molar-refractivity contribution in [1.29, 1.82) is 0 Å². The van der Waals surface area contributed by atoms with E-state index in [1.165, 1.54) is 13.0 Å². The van der Waals surface area contributed by atoms with Crippen LogP contribution in [0.5, 0.6) is 5.88 Å². The quantitative estimate of drug-likeness (QED) is 0.597. The van der Waals surface area contributed by atoms with Crippen LogP contribution in [0.2, 0.25) is 0 Å². The Hall–Kier alpha value is -2.32. The number of carbonyl (C=O) groups excluding carboxylic acids is 2. The van der Waals surface area contributed by atoms with Gasteiger partial charge in [-0.1, -0.05) is 25.7 Å². The third-order valence-electron chi connectivity index (χ3n) is 4.21. The van der Waals surface area contributed by atoms with Crippen LogP contribution in [0.15, 0.2) is 18.3 Å². The molecule has 1 unspecified atom stereocenters. The zero-order chi connectivity index (χ0) is 19.9. The van der Waals surface area contributed by atoms with Crippen LogP contribution in [0.4, 0.5) is 13.2 Å². The predicted molar refractivity (Wildman–Crippen MR) is 90.3 cm³/mol. The zero-order valence-corrected chi connectivity index (χ0v) is 15.1. The van der Waals surface area contributed by atoms with Gasteiger partial charge in [-0.2, -0.15) is 13.2 Å². The molecule has 0 bridgehead atoms. The van der Waals surface area contributed by atoms with Crippen molar-refractivity contribution in [2.75, 3.05) is 6.61 Å². The van der Waals surface area contributed by atoms with Gasteiger partial charge in [0.05, 0.1) is 5.56 Å². The summed E-state index contributed by atoms with van der Waals surface area (Å²) < 4.78 is 45.9. The summed E-state index contributed by atoms with van der Waals surface area (Å²) in [6.45, 7) is 0.000337. The molecule has 0 radical (unpaired) electrons. The normalized spacial score (nSPS) is 16.9. The molecule has 1 aliphatic rings. The first-order chi connectivity index (χ1) is 12.7. The van der Waals surface area contributed by atoms with Gasteiger partial charge in [-0.15, -0.1) is 0 Å². The molecule has 0 saturated heterocycles. The molecule has 0 aromatic carbocycles. The highest BCUT2D eigenvalue weighted by atomic mass is 19.4. The second-order valence-corrected chi connectivity index (χ2v) is 6.53. The molecule has 1 aromatic rings. The van der Waals surface area contributed by atoms with Gasteiger partial charge in [0.1, 0.15) is 0 Å². The van der Waals surface area contributed by atoms with Gasteiger partial charge in [0.15, 0.2) is 12.7 Å². The number of hydrogen-bond donors (Lipinski definition) is 1. The summed E-state index contributed by atoms with van der Waals surface area (Å²) in [4.78, 5) is 27.9. The van der Waals surface area contributed by atoms with Crippen LogP contribution < -0.4 is 10.1 Å². The maximum atomic E-state index is 12.2. The lowest BCUT2D eigenvalue weighted by molar-refractivity contribution is -0.154. The van der Waals surface area contributed by atoms with E-state index in [-0.39, 0.29) is 23.4 Å².